The number of carbonyl (C=O) groups excluding carboxylic acids is 1. The van der Waals surface area contributed by atoms with Gasteiger partial charge in [-0.3, -0.25) is 0 Å². The maximum atomic E-state index is 12.9. The van der Waals surface area contributed by atoms with Crippen molar-refractivity contribution in [2.75, 3.05) is 0 Å². The second-order valence-corrected chi connectivity index (χ2v) is 7.93. The van der Waals surface area contributed by atoms with Crippen LogP contribution in [0.5, 0.6) is 0 Å². The molecule has 2 amide bonds. The largest absolute Gasteiger partial charge is 0.322 e. The van der Waals surface area contributed by atoms with E-state index in [2.05, 4.69) is 62.0 Å². The molecule has 19 heavy (non-hydrogen) atoms. The van der Waals surface area contributed by atoms with Crippen LogP contribution in [0, 0.1) is 0 Å². The molecule has 0 aliphatic carbocycles. The van der Waals surface area contributed by atoms with Gasteiger partial charge in [0.15, 0.2) is 0 Å². The molecule has 0 aromatic rings. The molecule has 0 saturated carbocycles. The first-order valence-corrected chi connectivity index (χ1v) is 7.05. The molecule has 1 saturated heterocycles. The van der Waals surface area contributed by atoms with E-state index in [4.69, 9.17) is 0 Å². The van der Waals surface area contributed by atoms with Gasteiger partial charge in [-0.05, 0) is 62.3 Å². The first-order valence-electron chi connectivity index (χ1n) is 7.05. The fourth-order valence-corrected chi connectivity index (χ4v) is 3.31. The Morgan fingerprint density at radius 3 is 1.79 bits per heavy atom. The summed E-state index contributed by atoms with van der Waals surface area (Å²) in [5, 5.41) is 0. The van der Waals surface area contributed by atoms with E-state index in [-0.39, 0.29) is 28.7 Å². The first kappa shape index (κ1) is 16.1. The van der Waals surface area contributed by atoms with Crippen LogP contribution in [0.1, 0.15) is 62.3 Å². The second kappa shape index (κ2) is 4.26. The molecular weight excluding hydrogens is 236 g/mol. The minimum Gasteiger partial charge on any atom is -0.314 e. The van der Waals surface area contributed by atoms with Crippen molar-refractivity contribution in [2.24, 2.45) is 0 Å². The molecule has 110 valence electrons. The molecule has 1 heterocycles. The lowest BCUT2D eigenvalue weighted by Crippen LogP contribution is -2.56. The van der Waals surface area contributed by atoms with Crippen molar-refractivity contribution in [3.05, 3.63) is 12.2 Å². The Labute approximate surface area is 118 Å². The van der Waals surface area contributed by atoms with Crippen LogP contribution in [0.15, 0.2) is 12.2 Å². The Bertz CT molecular complexity index is 400. The van der Waals surface area contributed by atoms with Gasteiger partial charge in [0.2, 0.25) is 0 Å². The van der Waals surface area contributed by atoms with Crippen molar-refractivity contribution in [3.63, 3.8) is 0 Å². The molecule has 0 bridgehead atoms. The normalized spacial score (nSPS) is 29.1. The third-order valence-corrected chi connectivity index (χ3v) is 4.32. The topological polar surface area (TPSA) is 23.6 Å². The lowest BCUT2D eigenvalue weighted by atomic mass is 9.83. The van der Waals surface area contributed by atoms with Gasteiger partial charge < -0.3 is 9.80 Å². The van der Waals surface area contributed by atoms with Crippen LogP contribution in [0.2, 0.25) is 0 Å². The van der Waals surface area contributed by atoms with Gasteiger partial charge in [0.1, 0.15) is 0 Å². The maximum Gasteiger partial charge on any atom is 0.322 e. The van der Waals surface area contributed by atoms with E-state index in [0.717, 1.165) is 5.57 Å². The molecule has 3 heteroatoms. The number of hydrogen-bond acceptors (Lipinski definition) is 1. The van der Waals surface area contributed by atoms with E-state index in [9.17, 15) is 4.79 Å². The summed E-state index contributed by atoms with van der Waals surface area (Å²) in [4.78, 5) is 16.9. The highest BCUT2D eigenvalue weighted by Gasteiger charge is 2.58. The smallest absolute Gasteiger partial charge is 0.314 e. The Balaban J connectivity index is 3.46. The van der Waals surface area contributed by atoms with Gasteiger partial charge in [0.25, 0.3) is 0 Å². The summed E-state index contributed by atoms with van der Waals surface area (Å²) < 4.78 is 0. The average molecular weight is 266 g/mol. The molecule has 3 nitrogen and oxygen atoms in total. The number of carbonyl (C=O) groups is 1. The second-order valence-electron chi connectivity index (χ2n) is 7.93. The van der Waals surface area contributed by atoms with Crippen molar-refractivity contribution in [1.29, 1.82) is 0 Å². The monoisotopic (exact) mass is 266 g/mol. The summed E-state index contributed by atoms with van der Waals surface area (Å²) in [6.45, 7) is 23.0. The van der Waals surface area contributed by atoms with Crippen molar-refractivity contribution in [1.82, 2.24) is 9.80 Å². The molecule has 0 radical (unpaired) electrons. The number of amides is 2. The Morgan fingerprint density at radius 2 is 1.58 bits per heavy atom. The van der Waals surface area contributed by atoms with Crippen LogP contribution in [-0.2, 0) is 0 Å². The van der Waals surface area contributed by atoms with Crippen LogP contribution in [0.25, 0.3) is 0 Å². The summed E-state index contributed by atoms with van der Waals surface area (Å²) in [7, 11) is 0. The highest BCUT2D eigenvalue weighted by molar-refractivity contribution is 5.81. The van der Waals surface area contributed by atoms with Gasteiger partial charge in [-0.1, -0.05) is 12.2 Å². The number of hydrogen-bond donors (Lipinski definition) is 0. The zero-order valence-corrected chi connectivity index (χ0v) is 14.1. The molecule has 1 aliphatic rings. The standard InChI is InChI=1S/C16H30N2O/c1-11(2)16(10)12(3)17(14(4,5)6)13(19)18(16)15(7,8)9/h12H,1H2,2-10H3/t12-,16-/m0/s1. The molecule has 1 aliphatic heterocycles. The number of urea groups is 1. The van der Waals surface area contributed by atoms with E-state index in [1.54, 1.807) is 0 Å². The molecule has 1 fully saturated rings. The molecule has 1 rings (SSSR count). The van der Waals surface area contributed by atoms with Gasteiger partial charge in [-0.25, -0.2) is 4.79 Å². The van der Waals surface area contributed by atoms with E-state index in [1.165, 1.54) is 0 Å². The van der Waals surface area contributed by atoms with Crippen LogP contribution in [0.4, 0.5) is 4.79 Å². The molecule has 0 aromatic heterocycles. The summed E-state index contributed by atoms with van der Waals surface area (Å²) in [6, 6.07) is 0.217. The third-order valence-electron chi connectivity index (χ3n) is 4.32. The zero-order chi connectivity index (χ0) is 15.4. The molecule has 0 N–H and O–H groups in total. The van der Waals surface area contributed by atoms with Gasteiger partial charge in [-0.2, -0.15) is 0 Å². The SMILES string of the molecule is C=C(C)[C@@]1(C)[C@H](C)N(C(C)(C)C)C(=O)N1C(C)(C)C. The highest BCUT2D eigenvalue weighted by atomic mass is 16.2. The number of rotatable bonds is 1. The van der Waals surface area contributed by atoms with Gasteiger partial charge >= 0.3 is 6.03 Å². The Hall–Kier alpha value is -0.990. The average Bonchev–Trinajstić information content (AvgIpc) is 2.32. The van der Waals surface area contributed by atoms with Crippen molar-refractivity contribution in [2.45, 2.75) is 85.0 Å². The van der Waals surface area contributed by atoms with Gasteiger partial charge in [0, 0.05) is 11.1 Å². The minimum absolute atomic E-state index is 0.108. The zero-order valence-electron chi connectivity index (χ0n) is 14.1. The van der Waals surface area contributed by atoms with Crippen molar-refractivity contribution < 1.29 is 4.79 Å². The predicted octanol–water partition coefficient (Wildman–Crippen LogP) is 4.04. The quantitative estimate of drug-likeness (QED) is 0.657. The van der Waals surface area contributed by atoms with E-state index < -0.39 is 0 Å². The Morgan fingerprint density at radius 1 is 1.16 bits per heavy atom. The van der Waals surface area contributed by atoms with Crippen molar-refractivity contribution >= 4 is 6.03 Å². The minimum atomic E-state index is -0.331. The fourth-order valence-electron chi connectivity index (χ4n) is 3.31. The molecule has 0 spiro atoms. The number of nitrogens with zero attached hydrogens (tertiary/aromatic N) is 2. The van der Waals surface area contributed by atoms with Crippen LogP contribution in [-0.4, -0.2) is 38.5 Å². The van der Waals surface area contributed by atoms with Gasteiger partial charge in [0.05, 0.1) is 11.6 Å². The van der Waals surface area contributed by atoms with E-state index >= 15 is 0 Å². The third kappa shape index (κ3) is 2.28. The lowest BCUT2D eigenvalue weighted by Gasteiger charge is -2.45. The summed E-state index contributed by atoms with van der Waals surface area (Å²) >= 11 is 0. The van der Waals surface area contributed by atoms with E-state index in [0.29, 0.717) is 0 Å². The summed E-state index contributed by atoms with van der Waals surface area (Å²) in [5.41, 5.74) is 0.296. The predicted molar refractivity (Wildman–Crippen MR) is 81.3 cm³/mol. The van der Waals surface area contributed by atoms with Crippen LogP contribution < -0.4 is 0 Å². The lowest BCUT2D eigenvalue weighted by molar-refractivity contribution is 0.0995. The first-order chi connectivity index (χ1) is 8.25. The van der Waals surface area contributed by atoms with Crippen molar-refractivity contribution in [3.8, 4) is 0 Å². The Kier molecular flexibility index (Phi) is 3.60. The van der Waals surface area contributed by atoms with Gasteiger partial charge in [-0.15, -0.1) is 0 Å². The van der Waals surface area contributed by atoms with E-state index in [1.807, 2.05) is 16.7 Å². The molecular formula is C16H30N2O. The molecule has 0 unspecified atom stereocenters. The molecule has 2 atom stereocenters. The molecule has 0 aromatic carbocycles. The maximum absolute atomic E-state index is 12.9. The van der Waals surface area contributed by atoms with Crippen LogP contribution >= 0.6 is 0 Å². The highest BCUT2D eigenvalue weighted by Crippen LogP contribution is 2.44. The fraction of sp³-hybridized carbons (Fsp3) is 0.812. The summed E-state index contributed by atoms with van der Waals surface area (Å²) in [5.74, 6) is 0. The van der Waals surface area contributed by atoms with Crippen LogP contribution in [0.3, 0.4) is 0 Å². The summed E-state index contributed by atoms with van der Waals surface area (Å²) in [6.07, 6.45) is 0.